The highest BCUT2D eigenvalue weighted by atomic mass is 19.4. The molecule has 0 aliphatic heterocycles. The van der Waals surface area contributed by atoms with Crippen LogP contribution in [-0.2, 0) is 12.4 Å². The van der Waals surface area contributed by atoms with Crippen LogP contribution in [0.4, 0.5) is 26.3 Å². The van der Waals surface area contributed by atoms with Gasteiger partial charge >= 0.3 is 12.4 Å². The summed E-state index contributed by atoms with van der Waals surface area (Å²) >= 11 is 0. The van der Waals surface area contributed by atoms with Crippen LogP contribution in [0.2, 0.25) is 0 Å². The monoisotopic (exact) mass is 333 g/mol. The van der Waals surface area contributed by atoms with Crippen molar-refractivity contribution in [2.75, 3.05) is 0 Å². The molecule has 0 unspecified atom stereocenters. The van der Waals surface area contributed by atoms with E-state index < -0.39 is 29.2 Å². The van der Waals surface area contributed by atoms with E-state index in [-0.39, 0.29) is 5.56 Å². The molecule has 122 valence electrons. The Kier molecular flexibility index (Phi) is 4.63. The predicted molar refractivity (Wildman–Crippen MR) is 71.1 cm³/mol. The molecule has 0 aromatic heterocycles. The molecule has 0 heterocycles. The Bertz CT molecular complexity index is 706. The van der Waals surface area contributed by atoms with E-state index in [1.165, 1.54) is 24.3 Å². The Morgan fingerprint density at radius 2 is 1.26 bits per heavy atom. The van der Waals surface area contributed by atoms with Crippen molar-refractivity contribution in [2.24, 2.45) is 5.16 Å². The zero-order valence-corrected chi connectivity index (χ0v) is 11.3. The van der Waals surface area contributed by atoms with Gasteiger partial charge in [0.15, 0.2) is 5.75 Å². The van der Waals surface area contributed by atoms with Crippen LogP contribution in [0, 0.1) is 0 Å². The molecule has 0 aliphatic carbocycles. The Morgan fingerprint density at radius 1 is 0.739 bits per heavy atom. The summed E-state index contributed by atoms with van der Waals surface area (Å²) in [5, 5.41) is 3.24. The third-order valence-corrected chi connectivity index (χ3v) is 2.80. The second-order valence-electron chi connectivity index (χ2n) is 4.40. The van der Waals surface area contributed by atoms with Crippen molar-refractivity contribution >= 4 is 6.21 Å². The number of hydrogen-bond donors (Lipinski definition) is 0. The van der Waals surface area contributed by atoms with Gasteiger partial charge in [-0.05, 0) is 18.2 Å². The SMILES string of the molecule is FC(F)(F)c1ccccc1/C=N/Oc1ccccc1C(F)(F)F. The van der Waals surface area contributed by atoms with Crippen molar-refractivity contribution < 1.29 is 31.2 Å². The van der Waals surface area contributed by atoms with Crippen LogP contribution in [0.5, 0.6) is 5.75 Å². The van der Waals surface area contributed by atoms with E-state index in [1.807, 2.05) is 0 Å². The second-order valence-corrected chi connectivity index (χ2v) is 4.40. The van der Waals surface area contributed by atoms with Crippen molar-refractivity contribution in [3.8, 4) is 5.75 Å². The second kappa shape index (κ2) is 6.31. The summed E-state index contributed by atoms with van der Waals surface area (Å²) in [7, 11) is 0. The Labute approximate surface area is 127 Å². The van der Waals surface area contributed by atoms with E-state index in [2.05, 4.69) is 9.99 Å². The molecule has 2 aromatic carbocycles. The highest BCUT2D eigenvalue weighted by molar-refractivity contribution is 5.81. The van der Waals surface area contributed by atoms with E-state index in [1.54, 1.807) is 0 Å². The lowest BCUT2D eigenvalue weighted by Gasteiger charge is -2.11. The topological polar surface area (TPSA) is 21.6 Å². The summed E-state index contributed by atoms with van der Waals surface area (Å²) in [6.45, 7) is 0. The molecule has 0 aliphatic rings. The lowest BCUT2D eigenvalue weighted by atomic mass is 10.1. The molecule has 0 spiro atoms. The van der Waals surface area contributed by atoms with Crippen molar-refractivity contribution in [2.45, 2.75) is 12.4 Å². The largest absolute Gasteiger partial charge is 0.420 e. The first-order chi connectivity index (χ1) is 10.7. The molecule has 0 atom stereocenters. The maximum absolute atomic E-state index is 12.8. The quantitative estimate of drug-likeness (QED) is 0.433. The fourth-order valence-electron chi connectivity index (χ4n) is 1.79. The van der Waals surface area contributed by atoms with Crippen molar-refractivity contribution in [1.29, 1.82) is 0 Å². The van der Waals surface area contributed by atoms with Gasteiger partial charge in [0, 0.05) is 5.56 Å². The Balaban J connectivity index is 2.25. The number of halogens is 6. The number of rotatable bonds is 3. The van der Waals surface area contributed by atoms with Crippen molar-refractivity contribution in [1.82, 2.24) is 0 Å². The lowest BCUT2D eigenvalue weighted by Crippen LogP contribution is -2.09. The Hall–Kier alpha value is -2.51. The average molecular weight is 333 g/mol. The molecule has 0 bridgehead atoms. The molecular weight excluding hydrogens is 324 g/mol. The minimum absolute atomic E-state index is 0.315. The smallest absolute Gasteiger partial charge is 0.356 e. The van der Waals surface area contributed by atoms with Gasteiger partial charge in [-0.2, -0.15) is 26.3 Å². The molecule has 0 radical (unpaired) electrons. The average Bonchev–Trinajstić information content (AvgIpc) is 2.46. The maximum atomic E-state index is 12.8. The first-order valence-corrected chi connectivity index (χ1v) is 6.22. The summed E-state index contributed by atoms with van der Waals surface area (Å²) in [5.74, 6) is -0.597. The fraction of sp³-hybridized carbons (Fsp3) is 0.133. The van der Waals surface area contributed by atoms with Crippen LogP contribution in [-0.4, -0.2) is 6.21 Å². The highest BCUT2D eigenvalue weighted by Crippen LogP contribution is 2.36. The first kappa shape index (κ1) is 16.9. The summed E-state index contributed by atoms with van der Waals surface area (Å²) in [4.78, 5) is 4.62. The number of alkyl halides is 6. The molecule has 2 nitrogen and oxygen atoms in total. The van der Waals surface area contributed by atoms with Gasteiger partial charge in [0.05, 0.1) is 11.8 Å². The predicted octanol–water partition coefficient (Wildman–Crippen LogP) is 5.14. The van der Waals surface area contributed by atoms with Crippen molar-refractivity contribution in [3.05, 3.63) is 65.2 Å². The zero-order chi connectivity index (χ0) is 17.1. The van der Waals surface area contributed by atoms with E-state index in [9.17, 15) is 26.3 Å². The normalized spacial score (nSPS) is 12.6. The van der Waals surface area contributed by atoms with Gasteiger partial charge in [-0.3, -0.25) is 0 Å². The molecule has 2 rings (SSSR count). The van der Waals surface area contributed by atoms with Crippen LogP contribution in [0.3, 0.4) is 0 Å². The highest BCUT2D eigenvalue weighted by Gasteiger charge is 2.34. The summed E-state index contributed by atoms with van der Waals surface area (Å²) < 4.78 is 76.5. The van der Waals surface area contributed by atoms with E-state index in [0.29, 0.717) is 0 Å². The van der Waals surface area contributed by atoms with Gasteiger partial charge in [0.25, 0.3) is 0 Å². The summed E-state index contributed by atoms with van der Waals surface area (Å²) in [6, 6.07) is 8.78. The minimum Gasteiger partial charge on any atom is -0.356 e. The summed E-state index contributed by atoms with van der Waals surface area (Å²) in [5.41, 5.74) is -2.35. The maximum Gasteiger partial charge on any atom is 0.420 e. The first-order valence-electron chi connectivity index (χ1n) is 6.22. The fourth-order valence-corrected chi connectivity index (χ4v) is 1.79. The van der Waals surface area contributed by atoms with Crippen molar-refractivity contribution in [3.63, 3.8) is 0 Å². The molecule has 0 amide bonds. The van der Waals surface area contributed by atoms with Gasteiger partial charge in [-0.1, -0.05) is 35.5 Å². The van der Waals surface area contributed by atoms with Gasteiger partial charge < -0.3 is 4.84 Å². The van der Waals surface area contributed by atoms with Crippen LogP contribution >= 0.6 is 0 Å². The van der Waals surface area contributed by atoms with Crippen LogP contribution in [0.25, 0.3) is 0 Å². The number of benzene rings is 2. The van der Waals surface area contributed by atoms with E-state index >= 15 is 0 Å². The molecule has 8 heteroatoms. The van der Waals surface area contributed by atoms with Gasteiger partial charge in [-0.15, -0.1) is 0 Å². The molecule has 23 heavy (non-hydrogen) atoms. The van der Waals surface area contributed by atoms with E-state index in [4.69, 9.17) is 0 Å². The Morgan fingerprint density at radius 3 is 1.87 bits per heavy atom. The molecule has 0 saturated carbocycles. The third-order valence-electron chi connectivity index (χ3n) is 2.80. The number of hydrogen-bond acceptors (Lipinski definition) is 2. The standard InChI is InChI=1S/C15H9F6NO/c16-14(17,18)11-6-2-1-5-10(11)9-22-23-13-8-4-3-7-12(13)15(19,20)21/h1-9H/b22-9+. The van der Waals surface area contributed by atoms with Gasteiger partial charge in [0.1, 0.15) is 5.56 Å². The molecule has 2 aromatic rings. The summed E-state index contributed by atoms with van der Waals surface area (Å²) in [6.07, 6.45) is -8.54. The molecule has 0 N–H and O–H groups in total. The third kappa shape index (κ3) is 4.24. The van der Waals surface area contributed by atoms with Crippen LogP contribution in [0.1, 0.15) is 16.7 Å². The minimum atomic E-state index is -4.66. The molecule has 0 fully saturated rings. The number of para-hydroxylation sites is 1. The van der Waals surface area contributed by atoms with Gasteiger partial charge in [-0.25, -0.2) is 0 Å². The molecule has 0 saturated heterocycles. The molecular formula is C15H9F6NO. The van der Waals surface area contributed by atoms with Gasteiger partial charge in [0.2, 0.25) is 0 Å². The lowest BCUT2D eigenvalue weighted by molar-refractivity contribution is -0.139. The van der Waals surface area contributed by atoms with E-state index in [0.717, 1.165) is 30.5 Å². The zero-order valence-electron chi connectivity index (χ0n) is 11.3. The van der Waals surface area contributed by atoms with Crippen LogP contribution in [0.15, 0.2) is 53.7 Å². The number of nitrogens with zero attached hydrogens (tertiary/aromatic N) is 1. The number of oxime groups is 1. The van der Waals surface area contributed by atoms with Crippen LogP contribution < -0.4 is 4.84 Å².